The van der Waals surface area contributed by atoms with Gasteiger partial charge in [-0.2, -0.15) is 0 Å². The molecule has 0 unspecified atom stereocenters. The number of hydrogen-bond donors (Lipinski definition) is 2. The summed E-state index contributed by atoms with van der Waals surface area (Å²) in [6.45, 7) is 0. The first-order chi connectivity index (χ1) is 25.2. The molecular weight excluding hydrogens is 627 g/mol. The van der Waals surface area contributed by atoms with E-state index in [0.717, 1.165) is 90.2 Å². The van der Waals surface area contributed by atoms with Gasteiger partial charge in [0, 0.05) is 22.3 Å². The van der Waals surface area contributed by atoms with Crippen molar-refractivity contribution in [3.8, 4) is 0 Å². The number of allylic oxidation sites excluding steroid dienone is 12. The highest BCUT2D eigenvalue weighted by Gasteiger charge is 2.27. The molecule has 0 amide bonds. The highest BCUT2D eigenvalue weighted by molar-refractivity contribution is 6.39. The SMILES string of the molecule is C1=CC2=C(c3ccccc3)C3=NC(=C(c4ccccc4)C4=NC(=C(c5ccccc5)C5=NC(=C(c6ccccc6)C1=N2)C=C5)C=C4)C=C3.N=[N+]=N. The molecule has 0 saturated heterocycles. The molecule has 4 aromatic rings. The van der Waals surface area contributed by atoms with E-state index in [9.17, 15) is 0 Å². The van der Waals surface area contributed by atoms with Crippen LogP contribution in [0.4, 0.5) is 0 Å². The molecule has 5 aliphatic heterocycles. The van der Waals surface area contributed by atoms with Gasteiger partial charge in [-0.15, -0.1) is 0 Å². The standard InChI is InChI=1S/C44H28N4.H2N3/c1-5-13-29(14-6-1)41-33-21-23-35(45-33)42(30-15-7-2-8-16-30)37-25-27-39(47-37)44(32-19-11-4-12-20-32)40-28-26-38(48-40)43(31-17-9-3-10-18-31)36-24-22-34(41)46-36;1-3-2/h1-28H;1-2H/q;+1. The van der Waals surface area contributed by atoms with Crippen molar-refractivity contribution in [1.29, 1.82) is 11.1 Å². The Morgan fingerprint density at radius 3 is 0.686 bits per heavy atom. The third-order valence-electron chi connectivity index (χ3n) is 8.86. The fraction of sp³-hybridized carbons (Fsp3) is 0. The van der Waals surface area contributed by atoms with E-state index in [-0.39, 0.29) is 0 Å². The summed E-state index contributed by atoms with van der Waals surface area (Å²) in [6.07, 6.45) is 16.8. The Morgan fingerprint density at radius 1 is 0.294 bits per heavy atom. The number of benzene rings is 4. The van der Waals surface area contributed by atoms with Gasteiger partial charge < -0.3 is 0 Å². The number of nitrogens with zero attached hydrogens (tertiary/aromatic N) is 5. The van der Waals surface area contributed by atoms with Gasteiger partial charge in [0.05, 0.1) is 45.6 Å². The van der Waals surface area contributed by atoms with Gasteiger partial charge in [-0.25, -0.2) is 20.0 Å². The molecule has 5 aliphatic rings. The van der Waals surface area contributed by atoms with E-state index in [1.54, 1.807) is 0 Å². The van der Waals surface area contributed by atoms with E-state index in [2.05, 4.69) is 146 Å². The quantitative estimate of drug-likeness (QED) is 0.161. The van der Waals surface area contributed by atoms with E-state index in [4.69, 9.17) is 31.0 Å². The van der Waals surface area contributed by atoms with Crippen LogP contribution in [0.5, 0.6) is 0 Å². The second-order valence-corrected chi connectivity index (χ2v) is 11.9. The Bertz CT molecular complexity index is 2130. The lowest BCUT2D eigenvalue weighted by atomic mass is 9.98. The van der Waals surface area contributed by atoms with Crippen LogP contribution in [0.1, 0.15) is 22.3 Å². The molecule has 0 atom stereocenters. The average Bonchev–Trinajstić information content (AvgIpc) is 4.02. The maximum atomic E-state index is 5.50. The van der Waals surface area contributed by atoms with Crippen molar-refractivity contribution in [2.75, 3.05) is 0 Å². The zero-order valence-electron chi connectivity index (χ0n) is 27.4. The third-order valence-corrected chi connectivity index (χ3v) is 8.86. The second kappa shape index (κ2) is 13.7. The lowest BCUT2D eigenvalue weighted by molar-refractivity contribution is 0.928. The molecule has 5 heterocycles. The Morgan fingerprint density at radius 2 is 0.490 bits per heavy atom. The molecule has 51 heavy (non-hydrogen) atoms. The highest BCUT2D eigenvalue weighted by atomic mass is 15.0. The molecule has 7 heteroatoms. The van der Waals surface area contributed by atoms with Crippen LogP contribution in [0.25, 0.3) is 22.3 Å². The number of rotatable bonds is 4. The van der Waals surface area contributed by atoms with E-state index in [1.807, 2.05) is 29.2 Å². The molecule has 0 radical (unpaired) electrons. The first-order valence-electron chi connectivity index (χ1n) is 16.5. The highest BCUT2D eigenvalue weighted by Crippen LogP contribution is 2.38. The molecule has 240 valence electrons. The summed E-state index contributed by atoms with van der Waals surface area (Å²) < 4.78 is 0. The lowest BCUT2D eigenvalue weighted by Crippen LogP contribution is -2.03. The third kappa shape index (κ3) is 6.02. The van der Waals surface area contributed by atoms with Gasteiger partial charge in [0.2, 0.25) is 4.91 Å². The summed E-state index contributed by atoms with van der Waals surface area (Å²) >= 11 is 0. The summed E-state index contributed by atoms with van der Waals surface area (Å²) in [6, 6.07) is 41.6. The van der Waals surface area contributed by atoms with Gasteiger partial charge in [0.15, 0.2) is 0 Å². The molecule has 2 N–H and O–H groups in total. The van der Waals surface area contributed by atoms with Crippen molar-refractivity contribution in [3.63, 3.8) is 0 Å². The van der Waals surface area contributed by atoms with E-state index >= 15 is 0 Å². The van der Waals surface area contributed by atoms with Crippen molar-refractivity contribution in [3.05, 3.63) is 215 Å². The van der Waals surface area contributed by atoms with Gasteiger partial charge in [-0.3, -0.25) is 0 Å². The molecule has 9 rings (SSSR count). The second-order valence-electron chi connectivity index (χ2n) is 11.9. The summed E-state index contributed by atoms with van der Waals surface area (Å²) in [7, 11) is 0. The smallest absolute Gasteiger partial charge is 0.211 e. The van der Waals surface area contributed by atoms with Crippen molar-refractivity contribution in [1.82, 2.24) is 4.91 Å². The number of aliphatic imine (C=N–C) groups is 4. The maximum absolute atomic E-state index is 5.50. The minimum Gasteiger partial charge on any atom is -0.248 e. The fourth-order valence-corrected chi connectivity index (χ4v) is 6.69. The van der Waals surface area contributed by atoms with Crippen molar-refractivity contribution in [2.45, 2.75) is 0 Å². The predicted molar refractivity (Wildman–Crippen MR) is 207 cm³/mol. The van der Waals surface area contributed by atoms with Crippen LogP contribution in [-0.4, -0.2) is 22.8 Å². The Labute approximate surface area is 295 Å². The summed E-state index contributed by atoms with van der Waals surface area (Å²) in [5, 5.41) is 0. The predicted octanol–water partition coefficient (Wildman–Crippen LogP) is 9.80. The van der Waals surface area contributed by atoms with E-state index in [1.165, 1.54) is 0 Å². The largest absolute Gasteiger partial charge is 0.248 e. The van der Waals surface area contributed by atoms with Gasteiger partial charge >= 0.3 is 0 Å². The van der Waals surface area contributed by atoms with Crippen LogP contribution < -0.4 is 4.91 Å². The molecule has 0 spiro atoms. The number of nitrogens with one attached hydrogen (secondary N) is 2. The van der Waals surface area contributed by atoms with Gasteiger partial charge in [-0.1, -0.05) is 121 Å². The van der Waals surface area contributed by atoms with Crippen LogP contribution in [0.3, 0.4) is 0 Å². The topological polar surface area (TPSA) is 111 Å². The molecule has 0 aromatic heterocycles. The fourth-order valence-electron chi connectivity index (χ4n) is 6.69. The van der Waals surface area contributed by atoms with Gasteiger partial charge in [-0.05, 0) is 70.9 Å². The van der Waals surface area contributed by atoms with Crippen molar-refractivity contribution < 1.29 is 0 Å². The normalized spacial score (nSPS) is 16.9. The minimum absolute atomic E-state index is 0.861. The zero-order valence-corrected chi connectivity index (χ0v) is 27.4. The first-order valence-corrected chi connectivity index (χ1v) is 16.5. The Kier molecular flexibility index (Phi) is 8.36. The molecular formula is C44H30N7+. The number of hydrogen-bond acceptors (Lipinski definition) is 6. The van der Waals surface area contributed by atoms with Crippen molar-refractivity contribution >= 4 is 45.1 Å². The zero-order chi connectivity index (χ0) is 34.6. The molecule has 7 nitrogen and oxygen atoms in total. The Hall–Kier alpha value is -7.21. The van der Waals surface area contributed by atoms with Gasteiger partial charge in [0.1, 0.15) is 11.1 Å². The molecule has 0 aliphatic carbocycles. The molecule has 0 fully saturated rings. The van der Waals surface area contributed by atoms with Crippen LogP contribution in [0, 0.1) is 11.1 Å². The van der Waals surface area contributed by atoms with Crippen LogP contribution in [0.15, 0.2) is 213 Å². The summed E-state index contributed by atoms with van der Waals surface area (Å²) in [5.74, 6) is 0. The van der Waals surface area contributed by atoms with Crippen LogP contribution >= 0.6 is 0 Å². The molecule has 0 saturated carbocycles. The summed E-state index contributed by atoms with van der Waals surface area (Å²) in [5.41, 5.74) is 26.0. The minimum atomic E-state index is 0.861. The van der Waals surface area contributed by atoms with Crippen LogP contribution in [-0.2, 0) is 0 Å². The lowest BCUT2D eigenvalue weighted by Gasteiger charge is -2.12. The molecule has 8 bridgehead atoms. The maximum Gasteiger partial charge on any atom is 0.211 e. The van der Waals surface area contributed by atoms with E-state index in [0.29, 0.717) is 0 Å². The summed E-state index contributed by atoms with van der Waals surface area (Å²) in [4.78, 5) is 23.2. The van der Waals surface area contributed by atoms with Crippen LogP contribution in [0.2, 0.25) is 0 Å². The number of fused-ring (bicyclic) bond motifs is 4. The molecule has 4 aromatic carbocycles. The van der Waals surface area contributed by atoms with E-state index < -0.39 is 0 Å². The van der Waals surface area contributed by atoms with Gasteiger partial charge in [0.25, 0.3) is 0 Å². The Balaban J connectivity index is 0.00000121. The first kappa shape index (κ1) is 31.1. The monoisotopic (exact) mass is 656 g/mol. The van der Waals surface area contributed by atoms with Crippen molar-refractivity contribution in [2.24, 2.45) is 20.0 Å². The average molecular weight is 657 g/mol.